The first-order valence-corrected chi connectivity index (χ1v) is 10.2. The van der Waals surface area contributed by atoms with Crippen LogP contribution in [0.15, 0.2) is 34.7 Å². The Balaban J connectivity index is 1.52. The third-order valence-electron chi connectivity index (χ3n) is 3.86. The zero-order chi connectivity index (χ0) is 18.4. The van der Waals surface area contributed by atoms with Crippen molar-refractivity contribution >= 4 is 45.7 Å². The van der Waals surface area contributed by atoms with Gasteiger partial charge in [0, 0.05) is 31.0 Å². The third kappa shape index (κ3) is 4.80. The molecule has 2 amide bonds. The smallest absolute Gasteiger partial charge is 0.231 e. The van der Waals surface area contributed by atoms with Gasteiger partial charge in [0.25, 0.3) is 0 Å². The number of amides is 2. The normalized spacial score (nSPS) is 16.9. The molecule has 1 atom stereocenters. The van der Waals surface area contributed by atoms with Crippen LogP contribution in [0.3, 0.4) is 0 Å². The number of nitrogens with one attached hydrogen (secondary N) is 1. The summed E-state index contributed by atoms with van der Waals surface area (Å²) in [6.45, 7) is 3.68. The molecule has 1 N–H and O–H groups in total. The van der Waals surface area contributed by atoms with Crippen molar-refractivity contribution in [3.63, 3.8) is 0 Å². The Morgan fingerprint density at radius 3 is 2.96 bits per heavy atom. The summed E-state index contributed by atoms with van der Waals surface area (Å²) in [4.78, 5) is 26.3. The number of thioether (sulfide) groups is 1. The lowest BCUT2D eigenvalue weighted by Crippen LogP contribution is -2.28. The molecule has 0 unspecified atom stereocenters. The quantitative estimate of drug-likeness (QED) is 0.422. The van der Waals surface area contributed by atoms with Gasteiger partial charge >= 0.3 is 0 Å². The number of para-hydroxylation sites is 1. The van der Waals surface area contributed by atoms with E-state index >= 15 is 0 Å². The van der Waals surface area contributed by atoms with E-state index in [1.54, 1.807) is 16.7 Å². The molecule has 0 saturated carbocycles. The number of aromatic nitrogens is 2. The van der Waals surface area contributed by atoms with E-state index in [9.17, 15) is 9.59 Å². The molecule has 1 aromatic heterocycles. The Morgan fingerprint density at radius 2 is 2.19 bits per heavy atom. The van der Waals surface area contributed by atoms with E-state index in [2.05, 4.69) is 15.5 Å². The van der Waals surface area contributed by atoms with Crippen molar-refractivity contribution in [3.05, 3.63) is 30.3 Å². The maximum Gasteiger partial charge on any atom is 0.231 e. The fourth-order valence-corrected chi connectivity index (χ4v) is 4.28. The predicted molar refractivity (Wildman–Crippen MR) is 103 cm³/mol. The van der Waals surface area contributed by atoms with Gasteiger partial charge < -0.3 is 15.0 Å². The minimum Gasteiger partial charge on any atom is -0.381 e. The summed E-state index contributed by atoms with van der Waals surface area (Å²) in [7, 11) is 0. The van der Waals surface area contributed by atoms with Gasteiger partial charge in [-0.15, -0.1) is 10.2 Å². The third-order valence-corrected chi connectivity index (χ3v) is 5.79. The fourth-order valence-electron chi connectivity index (χ4n) is 2.60. The van der Waals surface area contributed by atoms with Crippen molar-refractivity contribution in [1.82, 2.24) is 10.2 Å². The second-order valence-corrected chi connectivity index (χ2v) is 7.97. The van der Waals surface area contributed by atoms with Crippen LogP contribution >= 0.6 is 23.1 Å². The van der Waals surface area contributed by atoms with Crippen LogP contribution in [0, 0.1) is 5.92 Å². The Kier molecular flexibility index (Phi) is 6.59. The number of carbonyl (C=O) groups is 2. The summed E-state index contributed by atoms with van der Waals surface area (Å²) in [6.07, 6.45) is 0.204. The highest BCUT2D eigenvalue weighted by molar-refractivity contribution is 8.01. The average Bonchev–Trinajstić information content (AvgIpc) is 3.26. The van der Waals surface area contributed by atoms with Crippen molar-refractivity contribution < 1.29 is 14.3 Å². The molecule has 9 heteroatoms. The number of hydrogen-bond acceptors (Lipinski definition) is 7. The molecule has 3 rings (SSSR count). The number of carbonyl (C=O) groups excluding carboxylic acids is 2. The summed E-state index contributed by atoms with van der Waals surface area (Å²) in [6, 6.07) is 9.39. The van der Waals surface area contributed by atoms with Crippen molar-refractivity contribution in [2.75, 3.05) is 35.7 Å². The first kappa shape index (κ1) is 18.8. The van der Waals surface area contributed by atoms with Gasteiger partial charge in [0.1, 0.15) is 0 Å². The molecule has 0 bridgehead atoms. The van der Waals surface area contributed by atoms with E-state index in [4.69, 9.17) is 4.74 Å². The number of anilines is 2. The molecule has 0 aliphatic carbocycles. The lowest BCUT2D eigenvalue weighted by molar-refractivity contribution is -0.122. The molecular formula is C17H20N4O3S2. The first-order chi connectivity index (χ1) is 12.7. The summed E-state index contributed by atoms with van der Waals surface area (Å²) < 4.78 is 6.07. The number of nitrogens with zero attached hydrogens (tertiary/aromatic N) is 3. The van der Waals surface area contributed by atoms with Crippen LogP contribution in [-0.4, -0.2) is 47.5 Å². The Morgan fingerprint density at radius 1 is 1.38 bits per heavy atom. The number of benzene rings is 1. The Bertz CT molecular complexity index is 753. The molecule has 138 valence electrons. The molecule has 1 aliphatic heterocycles. The second kappa shape index (κ2) is 9.11. The molecule has 7 nitrogen and oxygen atoms in total. The minimum atomic E-state index is -0.388. The van der Waals surface area contributed by atoms with Gasteiger partial charge in [-0.1, -0.05) is 41.3 Å². The zero-order valence-corrected chi connectivity index (χ0v) is 16.0. The molecule has 0 radical (unpaired) electrons. The molecule has 2 aromatic rings. The van der Waals surface area contributed by atoms with E-state index in [-0.39, 0.29) is 24.2 Å². The SMILES string of the molecule is CCOCCSc1nnc(NC(=O)[C@@H]2CC(=O)N(c3ccccc3)C2)s1. The van der Waals surface area contributed by atoms with Crippen molar-refractivity contribution in [2.45, 2.75) is 17.7 Å². The van der Waals surface area contributed by atoms with Gasteiger partial charge in [-0.05, 0) is 19.1 Å². The van der Waals surface area contributed by atoms with Gasteiger partial charge in [-0.25, -0.2) is 0 Å². The molecule has 1 aromatic carbocycles. The van der Waals surface area contributed by atoms with Gasteiger partial charge in [-0.3, -0.25) is 9.59 Å². The number of rotatable bonds is 8. The largest absolute Gasteiger partial charge is 0.381 e. The standard InChI is InChI=1S/C17H20N4O3S2/c1-2-24-8-9-25-17-20-19-16(26-17)18-15(23)12-10-14(22)21(11-12)13-6-4-3-5-7-13/h3-7,12H,2,8-11H2,1H3,(H,18,19,23)/t12-/m1/s1. The molecule has 1 fully saturated rings. The van der Waals surface area contributed by atoms with Crippen LogP contribution in [0.4, 0.5) is 10.8 Å². The molecule has 2 heterocycles. The number of hydrogen-bond donors (Lipinski definition) is 1. The van der Waals surface area contributed by atoms with E-state index in [0.717, 1.165) is 15.8 Å². The van der Waals surface area contributed by atoms with Crippen molar-refractivity contribution in [1.29, 1.82) is 0 Å². The van der Waals surface area contributed by atoms with Gasteiger partial charge in [-0.2, -0.15) is 0 Å². The average molecular weight is 393 g/mol. The monoisotopic (exact) mass is 392 g/mol. The van der Waals surface area contributed by atoms with Crippen LogP contribution in [0.5, 0.6) is 0 Å². The van der Waals surface area contributed by atoms with Crippen LogP contribution in [0.2, 0.25) is 0 Å². The maximum atomic E-state index is 12.5. The zero-order valence-electron chi connectivity index (χ0n) is 14.4. The van der Waals surface area contributed by atoms with E-state index in [1.807, 2.05) is 37.3 Å². The topological polar surface area (TPSA) is 84.4 Å². The first-order valence-electron chi connectivity index (χ1n) is 8.37. The van der Waals surface area contributed by atoms with Crippen LogP contribution in [-0.2, 0) is 14.3 Å². The van der Waals surface area contributed by atoms with E-state index in [0.29, 0.717) is 24.9 Å². The highest BCUT2D eigenvalue weighted by Gasteiger charge is 2.35. The fraction of sp³-hybridized carbons (Fsp3) is 0.412. The molecule has 26 heavy (non-hydrogen) atoms. The summed E-state index contributed by atoms with van der Waals surface area (Å²) in [5.41, 5.74) is 0.816. The van der Waals surface area contributed by atoms with Crippen molar-refractivity contribution in [2.24, 2.45) is 5.92 Å². The summed E-state index contributed by atoms with van der Waals surface area (Å²) in [5, 5.41) is 11.3. The summed E-state index contributed by atoms with van der Waals surface area (Å²) in [5.74, 6) is 0.166. The van der Waals surface area contributed by atoms with Gasteiger partial charge in [0.15, 0.2) is 4.34 Å². The predicted octanol–water partition coefficient (Wildman–Crippen LogP) is 2.66. The highest BCUT2D eigenvalue weighted by atomic mass is 32.2. The molecule has 1 aliphatic rings. The van der Waals surface area contributed by atoms with Crippen LogP contribution in [0.25, 0.3) is 0 Å². The maximum absolute atomic E-state index is 12.5. The highest BCUT2D eigenvalue weighted by Crippen LogP contribution is 2.28. The second-order valence-electron chi connectivity index (χ2n) is 5.65. The van der Waals surface area contributed by atoms with E-state index < -0.39 is 0 Å². The Labute approximate surface area is 160 Å². The Hall–Kier alpha value is -1.97. The van der Waals surface area contributed by atoms with E-state index in [1.165, 1.54) is 11.3 Å². The van der Waals surface area contributed by atoms with Crippen LogP contribution < -0.4 is 10.2 Å². The van der Waals surface area contributed by atoms with Crippen LogP contribution in [0.1, 0.15) is 13.3 Å². The lowest BCUT2D eigenvalue weighted by atomic mass is 10.1. The molecule has 1 saturated heterocycles. The minimum absolute atomic E-state index is 0.0409. The van der Waals surface area contributed by atoms with Gasteiger partial charge in [0.2, 0.25) is 16.9 Å². The summed E-state index contributed by atoms with van der Waals surface area (Å²) >= 11 is 2.88. The lowest BCUT2D eigenvalue weighted by Gasteiger charge is -2.16. The van der Waals surface area contributed by atoms with Gasteiger partial charge in [0.05, 0.1) is 12.5 Å². The molecular weight excluding hydrogens is 372 g/mol. The molecule has 0 spiro atoms. The number of ether oxygens (including phenoxy) is 1. The van der Waals surface area contributed by atoms with Crippen molar-refractivity contribution in [3.8, 4) is 0 Å².